The third-order valence-corrected chi connectivity index (χ3v) is 6.04. The molecule has 1 aliphatic carbocycles. The van der Waals surface area contributed by atoms with Crippen molar-refractivity contribution < 1.29 is 0 Å². The second-order valence-corrected chi connectivity index (χ2v) is 8.78. The molecule has 0 spiro atoms. The van der Waals surface area contributed by atoms with Gasteiger partial charge in [-0.25, -0.2) is 0 Å². The minimum atomic E-state index is 0.478. The molecule has 2 aliphatic rings. The molecular weight excluding hydrogens is 256 g/mol. The van der Waals surface area contributed by atoms with Gasteiger partial charge in [-0.1, -0.05) is 34.6 Å². The lowest BCUT2D eigenvalue weighted by atomic mass is 9.67. The molecule has 0 amide bonds. The van der Waals surface area contributed by atoms with E-state index < -0.39 is 0 Å². The summed E-state index contributed by atoms with van der Waals surface area (Å²) in [7, 11) is 0. The molecule has 0 radical (unpaired) electrons. The zero-order valence-electron chi connectivity index (χ0n) is 15.1. The van der Waals surface area contributed by atoms with Crippen molar-refractivity contribution in [2.45, 2.75) is 72.8 Å². The van der Waals surface area contributed by atoms with Crippen LogP contribution in [0.5, 0.6) is 0 Å². The summed E-state index contributed by atoms with van der Waals surface area (Å²) >= 11 is 0. The monoisotopic (exact) mass is 294 g/mol. The Morgan fingerprint density at radius 3 is 2.29 bits per heavy atom. The van der Waals surface area contributed by atoms with Crippen LogP contribution in [0.15, 0.2) is 0 Å². The molecular formula is C19H38N2. The highest BCUT2D eigenvalue weighted by Gasteiger charge is 2.36. The first-order valence-electron chi connectivity index (χ1n) is 9.36. The molecule has 3 atom stereocenters. The number of nitrogens with zero attached hydrogens (tertiary/aromatic N) is 1. The lowest BCUT2D eigenvalue weighted by Crippen LogP contribution is -2.48. The third kappa shape index (κ3) is 4.96. The van der Waals surface area contributed by atoms with Gasteiger partial charge in [0.2, 0.25) is 0 Å². The van der Waals surface area contributed by atoms with E-state index in [1.807, 2.05) is 0 Å². The van der Waals surface area contributed by atoms with Crippen molar-refractivity contribution in [3.8, 4) is 0 Å². The predicted molar refractivity (Wildman–Crippen MR) is 92.6 cm³/mol. The van der Waals surface area contributed by atoms with Gasteiger partial charge in [-0.15, -0.1) is 0 Å². The Labute approximate surface area is 133 Å². The van der Waals surface area contributed by atoms with Gasteiger partial charge in [0.05, 0.1) is 0 Å². The molecule has 0 aromatic heterocycles. The Morgan fingerprint density at radius 1 is 1.05 bits per heavy atom. The highest BCUT2D eigenvalue weighted by Crippen LogP contribution is 2.40. The SMILES string of the molecule is CCNC1CCC(C(C)(C)C)CC1CN1CCC(C)CC1. The summed E-state index contributed by atoms with van der Waals surface area (Å²) in [6.07, 6.45) is 7.02. The molecule has 0 aromatic rings. The predicted octanol–water partition coefficient (Wildman–Crippen LogP) is 4.16. The summed E-state index contributed by atoms with van der Waals surface area (Å²) in [5.74, 6) is 2.71. The molecule has 0 bridgehead atoms. The largest absolute Gasteiger partial charge is 0.314 e. The zero-order chi connectivity index (χ0) is 15.5. The average molecular weight is 295 g/mol. The zero-order valence-corrected chi connectivity index (χ0v) is 15.1. The molecule has 1 saturated carbocycles. The normalized spacial score (nSPS) is 33.3. The van der Waals surface area contributed by atoms with E-state index in [0.717, 1.165) is 30.3 Å². The first-order chi connectivity index (χ1) is 9.90. The van der Waals surface area contributed by atoms with Crippen LogP contribution in [-0.2, 0) is 0 Å². The molecule has 1 saturated heterocycles. The second-order valence-electron chi connectivity index (χ2n) is 8.78. The quantitative estimate of drug-likeness (QED) is 0.837. The Bertz CT molecular complexity index is 299. The van der Waals surface area contributed by atoms with E-state index >= 15 is 0 Å². The van der Waals surface area contributed by atoms with E-state index in [4.69, 9.17) is 0 Å². The Balaban J connectivity index is 1.93. The van der Waals surface area contributed by atoms with Crippen molar-refractivity contribution >= 4 is 0 Å². The van der Waals surface area contributed by atoms with E-state index in [2.05, 4.69) is 44.8 Å². The first kappa shape index (κ1) is 17.3. The van der Waals surface area contributed by atoms with Crippen LogP contribution in [0.1, 0.15) is 66.7 Å². The molecule has 2 heteroatoms. The molecule has 21 heavy (non-hydrogen) atoms. The molecule has 124 valence electrons. The first-order valence-corrected chi connectivity index (χ1v) is 9.36. The maximum atomic E-state index is 3.78. The topological polar surface area (TPSA) is 15.3 Å². The molecule has 0 aromatic carbocycles. The van der Waals surface area contributed by atoms with Crippen LogP contribution in [0, 0.1) is 23.2 Å². The average Bonchev–Trinajstić information content (AvgIpc) is 2.42. The standard InChI is InChI=1S/C19H38N2/c1-6-20-18-8-7-17(19(3,4)5)13-16(18)14-21-11-9-15(2)10-12-21/h15-18,20H,6-14H2,1-5H3. The fourth-order valence-corrected chi connectivity index (χ4v) is 4.36. The lowest BCUT2D eigenvalue weighted by molar-refractivity contribution is 0.0766. The minimum Gasteiger partial charge on any atom is -0.314 e. The van der Waals surface area contributed by atoms with E-state index in [9.17, 15) is 0 Å². The fourth-order valence-electron chi connectivity index (χ4n) is 4.36. The maximum absolute atomic E-state index is 3.78. The van der Waals surface area contributed by atoms with E-state index in [0.29, 0.717) is 5.41 Å². The summed E-state index contributed by atoms with van der Waals surface area (Å²) in [6.45, 7) is 17.1. The number of nitrogens with one attached hydrogen (secondary N) is 1. The summed E-state index contributed by atoms with van der Waals surface area (Å²) in [6, 6.07) is 0.757. The van der Waals surface area contributed by atoms with Gasteiger partial charge in [-0.05, 0) is 74.9 Å². The van der Waals surface area contributed by atoms with Crippen molar-refractivity contribution in [1.29, 1.82) is 0 Å². The molecule has 1 aliphatic heterocycles. The Hall–Kier alpha value is -0.0800. The van der Waals surface area contributed by atoms with Crippen LogP contribution in [0.3, 0.4) is 0 Å². The number of rotatable bonds is 4. The molecule has 1 N–H and O–H groups in total. The molecule has 1 heterocycles. The highest BCUT2D eigenvalue weighted by atomic mass is 15.1. The van der Waals surface area contributed by atoms with Gasteiger partial charge in [-0.3, -0.25) is 0 Å². The smallest absolute Gasteiger partial charge is 0.0108 e. The molecule has 2 rings (SSSR count). The third-order valence-electron chi connectivity index (χ3n) is 6.04. The van der Waals surface area contributed by atoms with Crippen LogP contribution >= 0.6 is 0 Å². The number of piperidine rings is 1. The van der Waals surface area contributed by atoms with Gasteiger partial charge in [0.15, 0.2) is 0 Å². The van der Waals surface area contributed by atoms with E-state index in [1.54, 1.807) is 0 Å². The van der Waals surface area contributed by atoms with Crippen molar-refractivity contribution in [2.75, 3.05) is 26.2 Å². The number of likely N-dealkylation sites (tertiary alicyclic amines) is 1. The fraction of sp³-hybridized carbons (Fsp3) is 1.00. The van der Waals surface area contributed by atoms with Crippen LogP contribution in [-0.4, -0.2) is 37.1 Å². The van der Waals surface area contributed by atoms with Crippen molar-refractivity contribution in [2.24, 2.45) is 23.2 Å². The molecule has 3 unspecified atom stereocenters. The molecule has 2 fully saturated rings. The Morgan fingerprint density at radius 2 is 1.71 bits per heavy atom. The maximum Gasteiger partial charge on any atom is 0.0108 e. The van der Waals surface area contributed by atoms with Gasteiger partial charge in [-0.2, -0.15) is 0 Å². The van der Waals surface area contributed by atoms with Crippen LogP contribution in [0.25, 0.3) is 0 Å². The van der Waals surface area contributed by atoms with Crippen LogP contribution in [0.4, 0.5) is 0 Å². The van der Waals surface area contributed by atoms with E-state index in [-0.39, 0.29) is 0 Å². The Kier molecular flexibility index (Phi) is 6.14. The summed E-state index contributed by atoms with van der Waals surface area (Å²) in [5.41, 5.74) is 0.478. The van der Waals surface area contributed by atoms with Crippen molar-refractivity contribution in [3.05, 3.63) is 0 Å². The van der Waals surface area contributed by atoms with E-state index in [1.165, 1.54) is 51.7 Å². The summed E-state index contributed by atoms with van der Waals surface area (Å²) in [5, 5.41) is 3.78. The van der Waals surface area contributed by atoms with Gasteiger partial charge in [0, 0.05) is 12.6 Å². The second kappa shape index (κ2) is 7.46. The summed E-state index contributed by atoms with van der Waals surface area (Å²) in [4.78, 5) is 2.75. The highest BCUT2D eigenvalue weighted by molar-refractivity contribution is 4.90. The van der Waals surface area contributed by atoms with Crippen molar-refractivity contribution in [3.63, 3.8) is 0 Å². The van der Waals surface area contributed by atoms with Crippen molar-refractivity contribution in [1.82, 2.24) is 10.2 Å². The molecule has 2 nitrogen and oxygen atoms in total. The van der Waals surface area contributed by atoms with Crippen LogP contribution in [0.2, 0.25) is 0 Å². The number of hydrogen-bond acceptors (Lipinski definition) is 2. The van der Waals surface area contributed by atoms with Gasteiger partial charge < -0.3 is 10.2 Å². The summed E-state index contributed by atoms with van der Waals surface area (Å²) < 4.78 is 0. The van der Waals surface area contributed by atoms with Gasteiger partial charge in [0.1, 0.15) is 0 Å². The van der Waals surface area contributed by atoms with Gasteiger partial charge in [0.25, 0.3) is 0 Å². The lowest BCUT2D eigenvalue weighted by Gasteiger charge is -2.44. The number of hydrogen-bond donors (Lipinski definition) is 1. The van der Waals surface area contributed by atoms with Crippen LogP contribution < -0.4 is 5.32 Å². The minimum absolute atomic E-state index is 0.478. The van der Waals surface area contributed by atoms with Gasteiger partial charge >= 0.3 is 0 Å².